The first-order chi connectivity index (χ1) is 11.3. The molecule has 3 rings (SSSR count). The van der Waals surface area contributed by atoms with Gasteiger partial charge in [-0.25, -0.2) is 0 Å². The topological polar surface area (TPSA) is 17.1 Å². The fraction of sp³-hybridized carbons (Fsp3) is 0.0500. The van der Waals surface area contributed by atoms with E-state index in [0.29, 0.717) is 0 Å². The third-order valence-corrected chi connectivity index (χ3v) is 6.90. The molecule has 0 aliphatic carbocycles. The van der Waals surface area contributed by atoms with Crippen molar-refractivity contribution in [3.63, 3.8) is 0 Å². The van der Waals surface area contributed by atoms with Gasteiger partial charge in [-0.15, -0.1) is 0 Å². The molecule has 0 fully saturated rings. The lowest BCUT2D eigenvalue weighted by Gasteiger charge is -2.21. The molecule has 0 atom stereocenters. The van der Waals surface area contributed by atoms with E-state index in [1.807, 2.05) is 24.3 Å². The molecule has 0 aromatic heterocycles. The number of hydrogen-bond acceptors (Lipinski definition) is 2. The van der Waals surface area contributed by atoms with E-state index in [1.165, 1.54) is 27.7 Å². The molecule has 3 aromatic carbocycles. The summed E-state index contributed by atoms with van der Waals surface area (Å²) in [5.74, 6) is 0. The fourth-order valence-electron chi connectivity index (χ4n) is 2.46. The van der Waals surface area contributed by atoms with Crippen LogP contribution in [0.3, 0.4) is 0 Å². The average Bonchev–Trinajstić information content (AvgIpc) is 2.58. The maximum Gasteiger partial charge on any atom is 0.190 e. The molecule has 3 aromatic rings. The van der Waals surface area contributed by atoms with Gasteiger partial charge in [-0.2, -0.15) is 0 Å². The predicted molar refractivity (Wildman–Crippen MR) is 102 cm³/mol. The van der Waals surface area contributed by atoms with Crippen LogP contribution in [0, 0.1) is 0 Å². The molecule has 0 N–H and O–H groups in total. The van der Waals surface area contributed by atoms with Gasteiger partial charge in [0.25, 0.3) is 0 Å². The first-order valence-corrected chi connectivity index (χ1v) is 9.59. The molecule has 0 bridgehead atoms. The summed E-state index contributed by atoms with van der Waals surface area (Å²) in [5, 5.41) is 3.95. The maximum atomic E-state index is 11.6. The van der Waals surface area contributed by atoms with E-state index >= 15 is 0 Å². The van der Waals surface area contributed by atoms with Crippen LogP contribution in [0.25, 0.3) is 0 Å². The number of carbonyl (C=O) groups is 1. The van der Waals surface area contributed by atoms with Crippen LogP contribution >= 0.6 is 19.7 Å². The minimum Gasteiger partial charge on any atom is -0.287 e. The molecule has 0 spiro atoms. The summed E-state index contributed by atoms with van der Waals surface area (Å²) in [4.78, 5) is 12.7. The molecule has 0 aliphatic heterocycles. The van der Waals surface area contributed by atoms with Crippen molar-refractivity contribution in [2.45, 2.75) is 11.8 Å². The quantitative estimate of drug-likeness (QED) is 0.527. The third kappa shape index (κ3) is 3.90. The molecular formula is C20H17OPS. The summed E-state index contributed by atoms with van der Waals surface area (Å²) in [6, 6.07) is 29.3. The second-order valence-corrected chi connectivity index (χ2v) is 8.47. The lowest BCUT2D eigenvalue weighted by atomic mass is 10.3. The monoisotopic (exact) mass is 336 g/mol. The van der Waals surface area contributed by atoms with Gasteiger partial charge in [0.2, 0.25) is 0 Å². The smallest absolute Gasteiger partial charge is 0.190 e. The zero-order chi connectivity index (χ0) is 16.1. The van der Waals surface area contributed by atoms with Gasteiger partial charge >= 0.3 is 0 Å². The Kier molecular flexibility index (Phi) is 5.27. The maximum absolute atomic E-state index is 11.6. The minimum absolute atomic E-state index is 0.119. The summed E-state index contributed by atoms with van der Waals surface area (Å²) < 4.78 is 0. The van der Waals surface area contributed by atoms with Crippen molar-refractivity contribution >= 4 is 40.7 Å². The Hall–Kier alpha value is -1.89. The van der Waals surface area contributed by atoms with Crippen molar-refractivity contribution in [1.82, 2.24) is 0 Å². The molecule has 0 saturated heterocycles. The van der Waals surface area contributed by atoms with E-state index in [0.717, 1.165) is 4.90 Å². The first kappa shape index (κ1) is 16.0. The van der Waals surface area contributed by atoms with Crippen LogP contribution in [-0.4, -0.2) is 5.12 Å². The van der Waals surface area contributed by atoms with Gasteiger partial charge in [-0.05, 0) is 29.9 Å². The molecule has 0 unspecified atom stereocenters. The van der Waals surface area contributed by atoms with E-state index < -0.39 is 7.92 Å². The second kappa shape index (κ2) is 7.59. The van der Waals surface area contributed by atoms with E-state index in [-0.39, 0.29) is 5.12 Å². The largest absolute Gasteiger partial charge is 0.287 e. The van der Waals surface area contributed by atoms with Gasteiger partial charge < -0.3 is 0 Å². The summed E-state index contributed by atoms with van der Waals surface area (Å²) >= 11 is 1.32. The Morgan fingerprint density at radius 2 is 1.22 bits per heavy atom. The first-order valence-electron chi connectivity index (χ1n) is 7.43. The fourth-order valence-corrected chi connectivity index (χ4v) is 5.83. The van der Waals surface area contributed by atoms with Gasteiger partial charge in [0.15, 0.2) is 5.12 Å². The van der Waals surface area contributed by atoms with Crippen LogP contribution in [0.5, 0.6) is 0 Å². The van der Waals surface area contributed by atoms with Gasteiger partial charge in [-0.1, -0.05) is 90.6 Å². The van der Waals surface area contributed by atoms with Gasteiger partial charge in [0.1, 0.15) is 0 Å². The molecule has 0 amide bonds. The zero-order valence-corrected chi connectivity index (χ0v) is 14.6. The molecule has 1 nitrogen and oxygen atoms in total. The van der Waals surface area contributed by atoms with E-state index in [9.17, 15) is 4.79 Å². The molecule has 23 heavy (non-hydrogen) atoms. The van der Waals surface area contributed by atoms with E-state index in [1.54, 1.807) is 6.92 Å². The normalized spacial score (nSPS) is 10.7. The highest BCUT2D eigenvalue weighted by atomic mass is 32.2. The molecule has 3 heteroatoms. The molecule has 0 radical (unpaired) electrons. The predicted octanol–water partition coefficient (Wildman–Crippen LogP) is 4.08. The number of rotatable bonds is 4. The van der Waals surface area contributed by atoms with Gasteiger partial charge in [-0.3, -0.25) is 4.79 Å². The van der Waals surface area contributed by atoms with Crippen molar-refractivity contribution < 1.29 is 4.79 Å². The number of hydrogen-bond donors (Lipinski definition) is 0. The summed E-state index contributed by atoms with van der Waals surface area (Å²) in [5.41, 5.74) is 0. The highest BCUT2D eigenvalue weighted by molar-refractivity contribution is 8.14. The summed E-state index contributed by atoms with van der Waals surface area (Å²) in [6.07, 6.45) is 0. The van der Waals surface area contributed by atoms with E-state index in [2.05, 4.69) is 60.7 Å². The second-order valence-electron chi connectivity index (χ2n) is 5.07. The summed E-state index contributed by atoms with van der Waals surface area (Å²) in [6.45, 7) is 1.62. The lowest BCUT2D eigenvalue weighted by Crippen LogP contribution is -2.22. The van der Waals surface area contributed by atoms with Crippen LogP contribution in [-0.2, 0) is 4.79 Å². The number of thioether (sulfide) groups is 1. The Morgan fingerprint density at radius 3 is 1.74 bits per heavy atom. The average molecular weight is 336 g/mol. The van der Waals surface area contributed by atoms with Crippen LogP contribution in [0.4, 0.5) is 0 Å². The standard InChI is InChI=1S/C20H17OPS/c1-16(21)23-20-15-9-8-14-19(20)22(17-10-4-2-5-11-17)18-12-6-3-7-13-18/h2-15H,1H3. The lowest BCUT2D eigenvalue weighted by molar-refractivity contribution is -0.109. The molecule has 0 aliphatic rings. The minimum atomic E-state index is -0.670. The highest BCUT2D eigenvalue weighted by Crippen LogP contribution is 2.36. The van der Waals surface area contributed by atoms with E-state index in [4.69, 9.17) is 0 Å². The number of carbonyl (C=O) groups excluding carboxylic acids is 1. The van der Waals surface area contributed by atoms with Crippen LogP contribution in [0.1, 0.15) is 6.92 Å². The van der Waals surface area contributed by atoms with Crippen LogP contribution in [0.15, 0.2) is 89.8 Å². The Balaban J connectivity index is 2.15. The molecule has 114 valence electrons. The van der Waals surface area contributed by atoms with Gasteiger partial charge in [0, 0.05) is 11.8 Å². The summed E-state index contributed by atoms with van der Waals surface area (Å²) in [7, 11) is -0.670. The van der Waals surface area contributed by atoms with Gasteiger partial charge in [0.05, 0.1) is 0 Å². The van der Waals surface area contributed by atoms with Crippen molar-refractivity contribution in [1.29, 1.82) is 0 Å². The third-order valence-electron chi connectivity index (χ3n) is 3.39. The van der Waals surface area contributed by atoms with Crippen molar-refractivity contribution in [2.75, 3.05) is 0 Å². The van der Waals surface area contributed by atoms with Crippen molar-refractivity contribution in [3.8, 4) is 0 Å². The Bertz CT molecular complexity index is 748. The van der Waals surface area contributed by atoms with Crippen molar-refractivity contribution in [3.05, 3.63) is 84.9 Å². The Labute approximate surface area is 142 Å². The zero-order valence-electron chi connectivity index (χ0n) is 12.8. The van der Waals surface area contributed by atoms with Crippen LogP contribution in [0.2, 0.25) is 0 Å². The number of benzene rings is 3. The SMILES string of the molecule is CC(=O)Sc1ccccc1P(c1ccccc1)c1ccccc1. The molecular weight excluding hydrogens is 319 g/mol. The Morgan fingerprint density at radius 1 is 0.739 bits per heavy atom. The molecule has 0 heterocycles. The highest BCUT2D eigenvalue weighted by Gasteiger charge is 2.19. The molecule has 0 saturated carbocycles. The van der Waals surface area contributed by atoms with Crippen molar-refractivity contribution in [2.24, 2.45) is 0 Å². The van der Waals surface area contributed by atoms with Crippen LogP contribution < -0.4 is 15.9 Å².